The molecule has 8 heteroatoms. The first-order chi connectivity index (χ1) is 12.7. The fourth-order valence-electron chi connectivity index (χ4n) is 3.13. The predicted molar refractivity (Wildman–Crippen MR) is 100 cm³/mol. The van der Waals surface area contributed by atoms with Crippen LogP contribution in [0, 0.1) is 0 Å². The number of nitrogens with one attached hydrogen (secondary N) is 1. The molecule has 3 aromatic rings. The molecule has 1 aliphatic rings. The van der Waals surface area contributed by atoms with Crippen molar-refractivity contribution >= 4 is 22.9 Å². The summed E-state index contributed by atoms with van der Waals surface area (Å²) in [6.45, 7) is 0.612. The van der Waals surface area contributed by atoms with E-state index in [1.165, 1.54) is 4.68 Å². The summed E-state index contributed by atoms with van der Waals surface area (Å²) in [5, 5.41) is 10.0. The fourth-order valence-corrected chi connectivity index (χ4v) is 3.77. The Balaban J connectivity index is 1.44. The van der Waals surface area contributed by atoms with Crippen molar-refractivity contribution in [2.75, 3.05) is 5.32 Å². The molecular formula is C18H19N5O2S. The second-order valence-corrected chi connectivity index (χ2v) is 7.18. The van der Waals surface area contributed by atoms with Crippen LogP contribution < -0.4 is 11.0 Å². The van der Waals surface area contributed by atoms with Crippen LogP contribution in [0.4, 0.5) is 5.69 Å². The van der Waals surface area contributed by atoms with E-state index in [9.17, 15) is 9.59 Å². The summed E-state index contributed by atoms with van der Waals surface area (Å²) < 4.78 is 2.96. The maximum atomic E-state index is 12.4. The lowest BCUT2D eigenvalue weighted by Gasteiger charge is -2.05. The highest BCUT2D eigenvalue weighted by atomic mass is 32.1. The van der Waals surface area contributed by atoms with Crippen molar-refractivity contribution in [2.24, 2.45) is 0 Å². The topological polar surface area (TPSA) is 81.8 Å². The first kappa shape index (κ1) is 16.7. The summed E-state index contributed by atoms with van der Waals surface area (Å²) in [7, 11) is 0. The van der Waals surface area contributed by atoms with Gasteiger partial charge < -0.3 is 5.32 Å². The van der Waals surface area contributed by atoms with E-state index in [2.05, 4.69) is 15.4 Å². The van der Waals surface area contributed by atoms with Crippen molar-refractivity contribution in [3.05, 3.63) is 52.2 Å². The van der Waals surface area contributed by atoms with Gasteiger partial charge in [0.05, 0.1) is 0 Å². The summed E-state index contributed by atoms with van der Waals surface area (Å²) in [5.41, 5.74) is 1.49. The van der Waals surface area contributed by atoms with Crippen LogP contribution in [0.15, 0.2) is 40.6 Å². The van der Waals surface area contributed by atoms with Gasteiger partial charge in [0.1, 0.15) is 17.4 Å². The number of aryl methyl sites for hydroxylation is 1. The summed E-state index contributed by atoms with van der Waals surface area (Å²) >= 11 is 1.57. The zero-order valence-electron chi connectivity index (χ0n) is 14.2. The highest BCUT2D eigenvalue weighted by Crippen LogP contribution is 2.23. The molecule has 0 atom stereocenters. The van der Waals surface area contributed by atoms with Crippen molar-refractivity contribution in [1.82, 2.24) is 19.3 Å². The maximum Gasteiger partial charge on any atom is 0.346 e. The van der Waals surface area contributed by atoms with Gasteiger partial charge in [-0.25, -0.2) is 14.5 Å². The third kappa shape index (κ3) is 3.45. The van der Waals surface area contributed by atoms with Crippen LogP contribution in [-0.2, 0) is 24.3 Å². The second kappa shape index (κ2) is 7.25. The van der Waals surface area contributed by atoms with Crippen LogP contribution >= 0.6 is 11.3 Å². The molecule has 3 heterocycles. The van der Waals surface area contributed by atoms with Gasteiger partial charge >= 0.3 is 5.69 Å². The quantitative estimate of drug-likeness (QED) is 0.766. The Labute approximate surface area is 154 Å². The molecule has 1 amide bonds. The van der Waals surface area contributed by atoms with E-state index in [-0.39, 0.29) is 18.1 Å². The van der Waals surface area contributed by atoms with Crippen molar-refractivity contribution in [3.8, 4) is 10.6 Å². The number of hydrogen-bond acceptors (Lipinski definition) is 5. The fraction of sp³-hybridized carbons (Fsp3) is 0.333. The molecule has 4 rings (SSSR count). The monoisotopic (exact) mass is 369 g/mol. The molecule has 1 aromatic carbocycles. The molecule has 0 aliphatic carbocycles. The van der Waals surface area contributed by atoms with Crippen molar-refractivity contribution in [1.29, 1.82) is 0 Å². The lowest BCUT2D eigenvalue weighted by Crippen LogP contribution is -2.30. The average molecular weight is 369 g/mol. The minimum absolute atomic E-state index is 0.0763. The number of anilines is 1. The molecule has 0 unspecified atom stereocenters. The van der Waals surface area contributed by atoms with Crippen LogP contribution in [0.25, 0.3) is 10.6 Å². The molecular weight excluding hydrogens is 350 g/mol. The number of fused-ring (bicyclic) bond motifs is 1. The van der Waals surface area contributed by atoms with Gasteiger partial charge in [-0.05, 0) is 37.1 Å². The molecule has 26 heavy (non-hydrogen) atoms. The van der Waals surface area contributed by atoms with Crippen LogP contribution in [0.1, 0.15) is 25.1 Å². The average Bonchev–Trinajstić information content (AvgIpc) is 3.19. The van der Waals surface area contributed by atoms with E-state index in [0.29, 0.717) is 12.2 Å². The highest BCUT2D eigenvalue weighted by molar-refractivity contribution is 7.13. The molecule has 1 aliphatic heterocycles. The van der Waals surface area contributed by atoms with E-state index in [4.69, 9.17) is 0 Å². The summed E-state index contributed by atoms with van der Waals surface area (Å²) in [6.07, 6.45) is 5.69. The largest absolute Gasteiger partial charge is 0.346 e. The lowest BCUT2D eigenvalue weighted by molar-refractivity contribution is -0.117. The normalized spacial score (nSPS) is 13.8. The van der Waals surface area contributed by atoms with E-state index >= 15 is 0 Å². The number of carbonyl (C=O) groups excluding carboxylic acids is 1. The number of benzene rings is 1. The Morgan fingerprint density at radius 3 is 2.81 bits per heavy atom. The van der Waals surface area contributed by atoms with E-state index in [1.54, 1.807) is 22.1 Å². The molecule has 0 spiro atoms. The van der Waals surface area contributed by atoms with Crippen molar-refractivity contribution in [2.45, 2.75) is 38.8 Å². The number of amides is 1. The van der Waals surface area contributed by atoms with Crippen LogP contribution in [-0.4, -0.2) is 25.2 Å². The number of rotatable bonds is 4. The molecule has 0 fully saturated rings. The molecule has 2 aromatic heterocycles. The molecule has 1 N–H and O–H groups in total. The van der Waals surface area contributed by atoms with Gasteiger partial charge in [0.2, 0.25) is 5.91 Å². The van der Waals surface area contributed by atoms with Gasteiger partial charge in [-0.15, -0.1) is 11.3 Å². The Kier molecular flexibility index (Phi) is 4.66. The molecule has 134 valence electrons. The minimum Gasteiger partial charge on any atom is -0.324 e. The smallest absolute Gasteiger partial charge is 0.324 e. The predicted octanol–water partition coefficient (Wildman–Crippen LogP) is 2.53. The third-order valence-electron chi connectivity index (χ3n) is 4.42. The van der Waals surface area contributed by atoms with Gasteiger partial charge in [-0.1, -0.05) is 6.42 Å². The first-order valence-corrected chi connectivity index (χ1v) is 9.55. The number of thiazole rings is 1. The highest BCUT2D eigenvalue weighted by Gasteiger charge is 2.17. The van der Waals surface area contributed by atoms with Crippen molar-refractivity contribution in [3.63, 3.8) is 0 Å². The van der Waals surface area contributed by atoms with Gasteiger partial charge in [-0.2, -0.15) is 5.10 Å². The van der Waals surface area contributed by atoms with E-state index in [1.807, 2.05) is 29.6 Å². The Morgan fingerprint density at radius 1 is 1.19 bits per heavy atom. The summed E-state index contributed by atoms with van der Waals surface area (Å²) in [4.78, 5) is 29.0. The van der Waals surface area contributed by atoms with E-state index in [0.717, 1.165) is 42.1 Å². The third-order valence-corrected chi connectivity index (χ3v) is 5.25. The molecule has 0 radical (unpaired) electrons. The summed E-state index contributed by atoms with van der Waals surface area (Å²) in [6, 6.07) is 7.50. The van der Waals surface area contributed by atoms with Gasteiger partial charge in [-0.3, -0.25) is 9.36 Å². The zero-order valence-corrected chi connectivity index (χ0v) is 15.0. The van der Waals surface area contributed by atoms with Gasteiger partial charge in [0.15, 0.2) is 0 Å². The van der Waals surface area contributed by atoms with Crippen molar-refractivity contribution < 1.29 is 4.79 Å². The van der Waals surface area contributed by atoms with Crippen LogP contribution in [0.5, 0.6) is 0 Å². The maximum absolute atomic E-state index is 12.4. The van der Waals surface area contributed by atoms with E-state index < -0.39 is 0 Å². The zero-order chi connectivity index (χ0) is 17.9. The molecule has 0 bridgehead atoms. The summed E-state index contributed by atoms with van der Waals surface area (Å²) in [5.74, 6) is 0.524. The minimum atomic E-state index is -0.262. The molecule has 7 nitrogen and oxygen atoms in total. The Hall–Kier alpha value is -2.74. The van der Waals surface area contributed by atoms with Crippen LogP contribution in [0.2, 0.25) is 0 Å². The number of nitrogens with zero attached hydrogens (tertiary/aromatic N) is 4. The number of carbonyl (C=O) groups is 1. The number of hydrogen-bond donors (Lipinski definition) is 1. The SMILES string of the molecule is O=C(Cn1nc2n(c1=O)CCCCC2)Nc1ccc(-c2nccs2)cc1. The first-order valence-electron chi connectivity index (χ1n) is 8.67. The Morgan fingerprint density at radius 2 is 2.04 bits per heavy atom. The molecule has 0 saturated heterocycles. The van der Waals surface area contributed by atoms with Gasteiger partial charge in [0, 0.05) is 35.8 Å². The second-order valence-electron chi connectivity index (χ2n) is 6.28. The number of aromatic nitrogens is 4. The van der Waals surface area contributed by atoms with Gasteiger partial charge in [0.25, 0.3) is 0 Å². The van der Waals surface area contributed by atoms with Crippen LogP contribution in [0.3, 0.4) is 0 Å². The Bertz CT molecular complexity index is 957. The molecule has 0 saturated carbocycles. The standard InChI is InChI=1S/C18H19N5O2S/c24-16(12-23-18(25)22-10-3-1-2-4-15(22)21-23)20-14-7-5-13(6-8-14)17-19-9-11-26-17/h5-9,11H,1-4,10,12H2,(H,20,24). The lowest BCUT2D eigenvalue weighted by atomic mass is 10.2.